The van der Waals surface area contributed by atoms with E-state index in [-0.39, 0.29) is 6.04 Å². The van der Waals surface area contributed by atoms with Crippen LogP contribution >= 0.6 is 0 Å². The second-order valence-corrected chi connectivity index (χ2v) is 5.69. The number of pyridine rings is 1. The second kappa shape index (κ2) is 5.69. The standard InChI is InChI=1S/C20H18N3/c1-22-15-23(19-13-6-5-12-18(19)22)20(16-9-3-2-4-10-16)17-11-7-8-14-21-17/h2-15,20H,1H3/q+1. The molecule has 0 amide bonds. The molecule has 0 aliphatic heterocycles. The van der Waals surface area contributed by atoms with E-state index in [9.17, 15) is 0 Å². The highest BCUT2D eigenvalue weighted by atomic mass is 15.1. The molecule has 2 aromatic heterocycles. The number of imidazole rings is 1. The molecule has 0 saturated carbocycles. The molecule has 4 aromatic rings. The SMILES string of the molecule is C[n+]1cn(C(c2ccccc2)c2ccccn2)c2ccccc21. The van der Waals surface area contributed by atoms with Crippen LogP contribution in [0.2, 0.25) is 0 Å². The van der Waals surface area contributed by atoms with Gasteiger partial charge < -0.3 is 0 Å². The van der Waals surface area contributed by atoms with Crippen molar-refractivity contribution in [2.45, 2.75) is 6.04 Å². The Labute approximate surface area is 135 Å². The highest BCUT2D eigenvalue weighted by Crippen LogP contribution is 2.28. The van der Waals surface area contributed by atoms with Crippen LogP contribution in [0.4, 0.5) is 0 Å². The van der Waals surface area contributed by atoms with E-state index in [0.717, 1.165) is 5.69 Å². The molecule has 0 aliphatic carbocycles. The van der Waals surface area contributed by atoms with Gasteiger partial charge in [-0.3, -0.25) is 4.98 Å². The molecule has 23 heavy (non-hydrogen) atoms. The summed E-state index contributed by atoms with van der Waals surface area (Å²) in [5.41, 5.74) is 4.69. The van der Waals surface area contributed by atoms with Gasteiger partial charge in [0.05, 0.1) is 12.7 Å². The Morgan fingerprint density at radius 1 is 0.870 bits per heavy atom. The van der Waals surface area contributed by atoms with Gasteiger partial charge in [0.15, 0.2) is 17.1 Å². The third-order valence-electron chi connectivity index (χ3n) is 4.20. The van der Waals surface area contributed by atoms with E-state index >= 15 is 0 Å². The van der Waals surface area contributed by atoms with E-state index < -0.39 is 0 Å². The Morgan fingerprint density at radius 3 is 2.39 bits per heavy atom. The van der Waals surface area contributed by atoms with E-state index in [0.29, 0.717) is 0 Å². The molecule has 0 spiro atoms. The number of nitrogens with zero attached hydrogens (tertiary/aromatic N) is 3. The number of para-hydroxylation sites is 2. The number of hydrogen-bond donors (Lipinski definition) is 0. The zero-order valence-corrected chi connectivity index (χ0v) is 13.0. The molecule has 3 heteroatoms. The topological polar surface area (TPSA) is 21.7 Å². The van der Waals surface area contributed by atoms with Crippen LogP contribution in [0.5, 0.6) is 0 Å². The van der Waals surface area contributed by atoms with E-state index in [2.05, 4.69) is 82.1 Å². The number of rotatable bonds is 3. The lowest BCUT2D eigenvalue weighted by molar-refractivity contribution is -0.645. The maximum atomic E-state index is 4.62. The lowest BCUT2D eigenvalue weighted by Crippen LogP contribution is -2.26. The molecule has 0 aliphatic rings. The molecule has 0 bridgehead atoms. The summed E-state index contributed by atoms with van der Waals surface area (Å²) in [6.45, 7) is 0. The van der Waals surface area contributed by atoms with Crippen LogP contribution in [-0.2, 0) is 7.05 Å². The molecule has 1 atom stereocenters. The summed E-state index contributed by atoms with van der Waals surface area (Å²) < 4.78 is 4.46. The summed E-state index contributed by atoms with van der Waals surface area (Å²) in [7, 11) is 2.08. The average Bonchev–Trinajstić information content (AvgIpc) is 2.94. The summed E-state index contributed by atoms with van der Waals surface area (Å²) in [6, 6.07) is 25.1. The number of benzene rings is 2. The minimum Gasteiger partial charge on any atom is -0.256 e. The van der Waals surface area contributed by atoms with Crippen molar-refractivity contribution in [3.8, 4) is 0 Å². The average molecular weight is 300 g/mol. The first-order valence-corrected chi connectivity index (χ1v) is 7.75. The van der Waals surface area contributed by atoms with Gasteiger partial charge in [0.1, 0.15) is 0 Å². The quantitative estimate of drug-likeness (QED) is 0.531. The lowest BCUT2D eigenvalue weighted by Gasteiger charge is -2.14. The number of fused-ring (bicyclic) bond motifs is 1. The first kappa shape index (κ1) is 13.7. The van der Waals surface area contributed by atoms with Crippen LogP contribution in [-0.4, -0.2) is 9.55 Å². The fourth-order valence-electron chi connectivity index (χ4n) is 3.14. The fourth-order valence-corrected chi connectivity index (χ4v) is 3.14. The van der Waals surface area contributed by atoms with E-state index in [1.807, 2.05) is 24.4 Å². The van der Waals surface area contributed by atoms with Gasteiger partial charge in [-0.25, -0.2) is 9.13 Å². The Bertz CT molecular complexity index is 887. The first-order valence-electron chi connectivity index (χ1n) is 7.75. The number of aryl methyl sites for hydroxylation is 1. The summed E-state index contributed by atoms with van der Waals surface area (Å²) in [4.78, 5) is 4.62. The minimum atomic E-state index is 0.0588. The molecular formula is C20H18N3+. The van der Waals surface area contributed by atoms with Crippen molar-refractivity contribution in [1.82, 2.24) is 9.55 Å². The maximum Gasteiger partial charge on any atom is 0.245 e. The molecule has 0 N–H and O–H groups in total. The summed E-state index contributed by atoms with van der Waals surface area (Å²) in [6.07, 6.45) is 4.01. The lowest BCUT2D eigenvalue weighted by atomic mass is 10.0. The van der Waals surface area contributed by atoms with Gasteiger partial charge in [-0.2, -0.15) is 0 Å². The van der Waals surface area contributed by atoms with Crippen molar-refractivity contribution >= 4 is 11.0 Å². The van der Waals surface area contributed by atoms with Crippen molar-refractivity contribution in [1.29, 1.82) is 0 Å². The predicted molar refractivity (Wildman–Crippen MR) is 91.0 cm³/mol. The van der Waals surface area contributed by atoms with Gasteiger partial charge in [-0.1, -0.05) is 48.5 Å². The molecule has 4 rings (SSSR count). The molecular weight excluding hydrogens is 282 g/mol. The Kier molecular flexibility index (Phi) is 3.39. The molecule has 0 radical (unpaired) electrons. The smallest absolute Gasteiger partial charge is 0.245 e. The zero-order valence-electron chi connectivity index (χ0n) is 13.0. The van der Waals surface area contributed by atoms with Crippen LogP contribution in [0, 0.1) is 0 Å². The van der Waals surface area contributed by atoms with E-state index in [1.165, 1.54) is 16.6 Å². The largest absolute Gasteiger partial charge is 0.256 e. The van der Waals surface area contributed by atoms with Gasteiger partial charge >= 0.3 is 0 Å². The molecule has 3 nitrogen and oxygen atoms in total. The van der Waals surface area contributed by atoms with Gasteiger partial charge in [0.25, 0.3) is 0 Å². The summed E-state index contributed by atoms with van der Waals surface area (Å²) in [5, 5.41) is 0. The van der Waals surface area contributed by atoms with Crippen molar-refractivity contribution in [3.05, 3.63) is 96.6 Å². The third kappa shape index (κ3) is 2.40. The molecule has 2 aromatic carbocycles. The highest BCUT2D eigenvalue weighted by Gasteiger charge is 2.25. The van der Waals surface area contributed by atoms with Crippen LogP contribution in [0.25, 0.3) is 11.0 Å². The molecule has 112 valence electrons. The predicted octanol–water partition coefficient (Wildman–Crippen LogP) is 3.50. The Balaban J connectivity index is 1.98. The van der Waals surface area contributed by atoms with Crippen molar-refractivity contribution in [2.24, 2.45) is 7.05 Å². The Hall–Kier alpha value is -2.94. The molecule has 0 saturated heterocycles. The Morgan fingerprint density at radius 2 is 1.61 bits per heavy atom. The fraction of sp³-hybridized carbons (Fsp3) is 0.100. The van der Waals surface area contributed by atoms with Crippen molar-refractivity contribution in [3.63, 3.8) is 0 Å². The number of hydrogen-bond acceptors (Lipinski definition) is 1. The first-order chi connectivity index (χ1) is 11.3. The summed E-state index contributed by atoms with van der Waals surface area (Å²) in [5.74, 6) is 0. The van der Waals surface area contributed by atoms with Gasteiger partial charge in [-0.05, 0) is 24.3 Å². The summed E-state index contributed by atoms with van der Waals surface area (Å²) >= 11 is 0. The van der Waals surface area contributed by atoms with Crippen molar-refractivity contribution in [2.75, 3.05) is 0 Å². The monoisotopic (exact) mass is 300 g/mol. The second-order valence-electron chi connectivity index (χ2n) is 5.69. The van der Waals surface area contributed by atoms with E-state index in [4.69, 9.17) is 0 Å². The molecule has 1 unspecified atom stereocenters. The zero-order chi connectivity index (χ0) is 15.6. The number of aromatic nitrogens is 3. The molecule has 2 heterocycles. The van der Waals surface area contributed by atoms with Gasteiger partial charge in [0, 0.05) is 11.8 Å². The van der Waals surface area contributed by atoms with Crippen LogP contribution in [0.3, 0.4) is 0 Å². The van der Waals surface area contributed by atoms with Gasteiger partial charge in [-0.15, -0.1) is 0 Å². The van der Waals surface area contributed by atoms with Crippen molar-refractivity contribution < 1.29 is 4.57 Å². The third-order valence-corrected chi connectivity index (χ3v) is 4.20. The highest BCUT2D eigenvalue weighted by molar-refractivity contribution is 5.72. The minimum absolute atomic E-state index is 0.0588. The van der Waals surface area contributed by atoms with Crippen LogP contribution < -0.4 is 4.57 Å². The van der Waals surface area contributed by atoms with Crippen LogP contribution in [0.1, 0.15) is 17.3 Å². The maximum absolute atomic E-state index is 4.62. The van der Waals surface area contributed by atoms with Crippen LogP contribution in [0.15, 0.2) is 85.3 Å². The van der Waals surface area contributed by atoms with Gasteiger partial charge in [0.2, 0.25) is 6.33 Å². The molecule has 0 fully saturated rings. The van der Waals surface area contributed by atoms with E-state index in [1.54, 1.807) is 0 Å². The normalized spacial score (nSPS) is 12.4.